The maximum absolute atomic E-state index is 12.4. The van der Waals surface area contributed by atoms with E-state index in [1.165, 1.54) is 17.3 Å². The third kappa shape index (κ3) is 5.04. The van der Waals surface area contributed by atoms with Crippen LogP contribution in [0.2, 0.25) is 0 Å². The number of nitrogens with zero attached hydrogens (tertiary/aromatic N) is 5. The van der Waals surface area contributed by atoms with Gasteiger partial charge in [-0.25, -0.2) is 0 Å². The summed E-state index contributed by atoms with van der Waals surface area (Å²) in [6.45, 7) is 4.51. The molecule has 1 aromatic heterocycles. The van der Waals surface area contributed by atoms with Gasteiger partial charge in [0.25, 0.3) is 0 Å². The molecule has 0 bridgehead atoms. The van der Waals surface area contributed by atoms with E-state index in [-0.39, 0.29) is 11.7 Å². The number of rotatable bonds is 7. The SMILES string of the molecule is Cc1ccc(-n2c(SCC(=O)N(C)CCC#N)nnc2-c2cccc(C)c2)cc1. The van der Waals surface area contributed by atoms with Crippen molar-refractivity contribution in [2.75, 3.05) is 19.3 Å². The highest BCUT2D eigenvalue weighted by Crippen LogP contribution is 2.28. The number of carbonyl (C=O) groups excluding carboxylic acids is 1. The minimum Gasteiger partial charge on any atom is -0.344 e. The van der Waals surface area contributed by atoms with Gasteiger partial charge in [-0.15, -0.1) is 10.2 Å². The fourth-order valence-corrected chi connectivity index (χ4v) is 3.73. The molecule has 0 N–H and O–H groups in total. The summed E-state index contributed by atoms with van der Waals surface area (Å²) in [5.41, 5.74) is 4.24. The topological polar surface area (TPSA) is 74.8 Å². The lowest BCUT2D eigenvalue weighted by atomic mass is 10.1. The van der Waals surface area contributed by atoms with Crippen LogP contribution in [0.25, 0.3) is 17.1 Å². The molecule has 0 fully saturated rings. The van der Waals surface area contributed by atoms with E-state index in [4.69, 9.17) is 5.26 Å². The molecule has 0 unspecified atom stereocenters. The molecule has 1 heterocycles. The fraction of sp³-hybridized carbons (Fsp3) is 0.273. The molecule has 29 heavy (non-hydrogen) atoms. The van der Waals surface area contributed by atoms with Crippen molar-refractivity contribution in [3.63, 3.8) is 0 Å². The van der Waals surface area contributed by atoms with E-state index in [1.54, 1.807) is 11.9 Å². The molecule has 0 saturated heterocycles. The normalized spacial score (nSPS) is 10.6. The highest BCUT2D eigenvalue weighted by molar-refractivity contribution is 7.99. The number of benzene rings is 2. The first kappa shape index (κ1) is 20.6. The number of carbonyl (C=O) groups is 1. The zero-order valence-corrected chi connectivity index (χ0v) is 17.6. The maximum Gasteiger partial charge on any atom is 0.232 e. The molecule has 0 atom stereocenters. The molecule has 6 nitrogen and oxygen atoms in total. The van der Waals surface area contributed by atoms with E-state index < -0.39 is 0 Å². The monoisotopic (exact) mass is 405 g/mol. The number of hydrogen-bond acceptors (Lipinski definition) is 5. The van der Waals surface area contributed by atoms with Gasteiger partial charge in [-0.05, 0) is 32.0 Å². The van der Waals surface area contributed by atoms with Gasteiger partial charge in [0, 0.05) is 24.8 Å². The average molecular weight is 406 g/mol. The summed E-state index contributed by atoms with van der Waals surface area (Å²) in [7, 11) is 1.71. The Morgan fingerprint density at radius 3 is 2.59 bits per heavy atom. The van der Waals surface area contributed by atoms with E-state index in [1.807, 2.05) is 60.9 Å². The lowest BCUT2D eigenvalue weighted by Gasteiger charge is -2.15. The van der Waals surface area contributed by atoms with Crippen LogP contribution in [0.4, 0.5) is 0 Å². The van der Waals surface area contributed by atoms with Gasteiger partial charge in [-0.1, -0.05) is 53.2 Å². The second-order valence-corrected chi connectivity index (χ2v) is 7.80. The summed E-state index contributed by atoms with van der Waals surface area (Å²) in [4.78, 5) is 13.9. The van der Waals surface area contributed by atoms with Crippen molar-refractivity contribution in [3.05, 3.63) is 59.7 Å². The van der Waals surface area contributed by atoms with Crippen molar-refractivity contribution in [2.45, 2.75) is 25.4 Å². The Kier molecular flexibility index (Phi) is 6.68. The molecule has 3 aromatic rings. The first-order valence-electron chi connectivity index (χ1n) is 9.33. The van der Waals surface area contributed by atoms with E-state index in [0.717, 1.165) is 22.6 Å². The third-order valence-corrected chi connectivity index (χ3v) is 5.43. The van der Waals surface area contributed by atoms with Crippen molar-refractivity contribution in [1.29, 1.82) is 5.26 Å². The predicted molar refractivity (Wildman–Crippen MR) is 115 cm³/mol. The summed E-state index contributed by atoms with van der Waals surface area (Å²) in [5, 5.41) is 18.2. The van der Waals surface area contributed by atoms with Crippen LogP contribution in [0.15, 0.2) is 53.7 Å². The van der Waals surface area contributed by atoms with Crippen LogP contribution in [0.3, 0.4) is 0 Å². The molecule has 1 amide bonds. The van der Waals surface area contributed by atoms with Crippen LogP contribution in [0, 0.1) is 25.2 Å². The van der Waals surface area contributed by atoms with Crippen molar-refractivity contribution in [2.24, 2.45) is 0 Å². The molecule has 0 aliphatic rings. The van der Waals surface area contributed by atoms with Gasteiger partial charge in [0.05, 0.1) is 18.2 Å². The Bertz CT molecular complexity index is 1040. The number of amides is 1. The van der Waals surface area contributed by atoms with E-state index in [9.17, 15) is 4.79 Å². The highest BCUT2D eigenvalue weighted by atomic mass is 32.2. The molecule has 7 heteroatoms. The molecule has 0 radical (unpaired) electrons. The molecule has 2 aromatic carbocycles. The molecule has 0 aliphatic carbocycles. The van der Waals surface area contributed by atoms with Gasteiger partial charge >= 0.3 is 0 Å². The first-order valence-corrected chi connectivity index (χ1v) is 10.3. The lowest BCUT2D eigenvalue weighted by molar-refractivity contribution is -0.127. The second kappa shape index (κ2) is 9.39. The number of nitriles is 1. The molecule has 0 spiro atoms. The highest BCUT2D eigenvalue weighted by Gasteiger charge is 2.18. The van der Waals surface area contributed by atoms with Gasteiger partial charge in [-0.2, -0.15) is 5.26 Å². The van der Waals surface area contributed by atoms with Crippen LogP contribution in [-0.2, 0) is 4.79 Å². The van der Waals surface area contributed by atoms with Crippen LogP contribution in [0.5, 0.6) is 0 Å². The van der Waals surface area contributed by atoms with E-state index in [0.29, 0.717) is 18.1 Å². The Morgan fingerprint density at radius 2 is 1.90 bits per heavy atom. The quantitative estimate of drug-likeness (QED) is 0.555. The summed E-state index contributed by atoms with van der Waals surface area (Å²) >= 11 is 1.35. The summed E-state index contributed by atoms with van der Waals surface area (Å²) in [5.74, 6) is 0.936. The zero-order chi connectivity index (χ0) is 20.8. The summed E-state index contributed by atoms with van der Waals surface area (Å²) in [6.07, 6.45) is 0.323. The van der Waals surface area contributed by atoms with Crippen molar-refractivity contribution < 1.29 is 4.79 Å². The van der Waals surface area contributed by atoms with E-state index in [2.05, 4.69) is 22.3 Å². The number of thioether (sulfide) groups is 1. The van der Waals surface area contributed by atoms with Crippen LogP contribution < -0.4 is 0 Å². The lowest BCUT2D eigenvalue weighted by Crippen LogP contribution is -2.29. The average Bonchev–Trinajstić information content (AvgIpc) is 3.14. The molecule has 0 aliphatic heterocycles. The van der Waals surface area contributed by atoms with Gasteiger partial charge in [0.15, 0.2) is 11.0 Å². The smallest absolute Gasteiger partial charge is 0.232 e. The zero-order valence-electron chi connectivity index (χ0n) is 16.8. The first-order chi connectivity index (χ1) is 14.0. The second-order valence-electron chi connectivity index (χ2n) is 6.86. The van der Waals surface area contributed by atoms with Crippen LogP contribution in [0.1, 0.15) is 17.5 Å². The van der Waals surface area contributed by atoms with Gasteiger partial charge in [0.2, 0.25) is 5.91 Å². The Hall–Kier alpha value is -3.11. The predicted octanol–water partition coefficient (Wildman–Crippen LogP) is 4.02. The number of aromatic nitrogens is 3. The Balaban J connectivity index is 1.92. The molecule has 148 valence electrons. The molecule has 3 rings (SSSR count). The third-order valence-electron chi connectivity index (χ3n) is 4.51. The van der Waals surface area contributed by atoms with Gasteiger partial charge in [0.1, 0.15) is 0 Å². The Morgan fingerprint density at radius 1 is 1.14 bits per heavy atom. The van der Waals surface area contributed by atoms with Crippen molar-refractivity contribution >= 4 is 17.7 Å². The summed E-state index contributed by atoms with van der Waals surface area (Å²) in [6, 6.07) is 18.3. The minimum absolute atomic E-state index is 0.0409. The van der Waals surface area contributed by atoms with Crippen molar-refractivity contribution in [3.8, 4) is 23.1 Å². The van der Waals surface area contributed by atoms with Gasteiger partial charge < -0.3 is 4.90 Å². The number of aryl methyl sites for hydroxylation is 2. The molecule has 0 saturated carbocycles. The largest absolute Gasteiger partial charge is 0.344 e. The number of hydrogen-bond donors (Lipinski definition) is 0. The van der Waals surface area contributed by atoms with Crippen LogP contribution >= 0.6 is 11.8 Å². The van der Waals surface area contributed by atoms with Crippen LogP contribution in [-0.4, -0.2) is 44.9 Å². The standard InChI is InChI=1S/C22H23N5OS/c1-16-8-10-19(11-9-16)27-21(18-7-4-6-17(2)14-18)24-25-22(27)29-15-20(28)26(3)13-5-12-23/h4,6-11,14H,5,13,15H2,1-3H3. The van der Waals surface area contributed by atoms with E-state index >= 15 is 0 Å². The minimum atomic E-state index is -0.0409. The Labute approximate surface area is 175 Å². The molecular formula is C22H23N5OS. The van der Waals surface area contributed by atoms with Gasteiger partial charge in [-0.3, -0.25) is 9.36 Å². The van der Waals surface area contributed by atoms with Crippen molar-refractivity contribution in [1.82, 2.24) is 19.7 Å². The maximum atomic E-state index is 12.4. The summed E-state index contributed by atoms with van der Waals surface area (Å²) < 4.78 is 1.99. The fourth-order valence-electron chi connectivity index (χ4n) is 2.84. The molecular weight excluding hydrogens is 382 g/mol.